The third-order valence-electron chi connectivity index (χ3n) is 1.47. The Hall–Kier alpha value is -1.10. The van der Waals surface area contributed by atoms with Gasteiger partial charge in [0, 0.05) is 6.21 Å². The number of carbonyl (C=O) groups is 1. The maximum absolute atomic E-state index is 10.6. The zero-order chi connectivity index (χ0) is 9.14. The highest BCUT2D eigenvalue weighted by atomic mass is 32.1. The first kappa shape index (κ1) is 8.99. The molecule has 1 rings (SSSR count). The van der Waals surface area contributed by atoms with E-state index in [1.807, 2.05) is 6.92 Å². The van der Waals surface area contributed by atoms with Gasteiger partial charge in [-0.25, -0.2) is 9.79 Å². The van der Waals surface area contributed by atoms with Gasteiger partial charge in [0.25, 0.3) is 0 Å². The topological polar surface area (TPSA) is 62.0 Å². The lowest BCUT2D eigenvalue weighted by Crippen LogP contribution is -2.30. The van der Waals surface area contributed by atoms with Crippen molar-refractivity contribution in [2.45, 2.75) is 19.4 Å². The quantitative estimate of drug-likeness (QED) is 0.642. The molecule has 0 radical (unpaired) electrons. The van der Waals surface area contributed by atoms with Crippen LogP contribution in [0.1, 0.15) is 13.3 Å². The van der Waals surface area contributed by atoms with Gasteiger partial charge in [-0.1, -0.05) is 19.1 Å². The van der Waals surface area contributed by atoms with Gasteiger partial charge in [0.15, 0.2) is 6.04 Å². The molecular weight excluding hydrogens is 176 g/mol. The van der Waals surface area contributed by atoms with Crippen LogP contribution in [0.25, 0.3) is 0 Å². The van der Waals surface area contributed by atoms with E-state index in [1.54, 1.807) is 0 Å². The molecule has 1 unspecified atom stereocenters. The van der Waals surface area contributed by atoms with Gasteiger partial charge in [-0.05, 0) is 6.42 Å². The molecule has 0 aromatic carbocycles. The van der Waals surface area contributed by atoms with Crippen LogP contribution in [0.3, 0.4) is 0 Å². The van der Waals surface area contributed by atoms with Crippen LogP contribution in [0.5, 0.6) is 0 Å². The molecule has 0 aromatic rings. The molecule has 0 bridgehead atoms. The van der Waals surface area contributed by atoms with E-state index in [2.05, 4.69) is 9.98 Å². The van der Waals surface area contributed by atoms with Gasteiger partial charge in [-0.2, -0.15) is 0 Å². The molecule has 1 atom stereocenters. The Balaban J connectivity index is 2.88. The Kier molecular flexibility index (Phi) is 2.65. The van der Waals surface area contributed by atoms with E-state index in [-0.39, 0.29) is 4.99 Å². The second-order valence-corrected chi connectivity index (χ2v) is 2.73. The highest BCUT2D eigenvalue weighted by Gasteiger charge is 2.23. The van der Waals surface area contributed by atoms with Gasteiger partial charge in [-0.15, -0.1) is 0 Å². The molecule has 4 nitrogen and oxygen atoms in total. The molecule has 1 aliphatic rings. The number of nitrogens with zero attached hydrogens (tertiary/aromatic N) is 2. The largest absolute Gasteiger partial charge is 0.479 e. The number of hydrogen-bond donors (Lipinski definition) is 1. The number of rotatable bonds is 2. The van der Waals surface area contributed by atoms with Crippen LogP contribution in [0.15, 0.2) is 9.98 Å². The highest BCUT2D eigenvalue weighted by Crippen LogP contribution is 2.04. The van der Waals surface area contributed by atoms with Gasteiger partial charge in [0.2, 0.25) is 0 Å². The van der Waals surface area contributed by atoms with Crippen molar-refractivity contribution in [3.8, 4) is 0 Å². The van der Waals surface area contributed by atoms with Crippen molar-refractivity contribution in [1.82, 2.24) is 0 Å². The minimum Gasteiger partial charge on any atom is -0.479 e. The summed E-state index contributed by atoms with van der Waals surface area (Å²) in [6, 6.07) is -0.958. The average molecular weight is 184 g/mol. The SMILES string of the molecule is CCC1=NC(C(=O)O)C(=S)N=C1. The Morgan fingerprint density at radius 3 is 3.00 bits per heavy atom. The number of thiocarbonyl (C=S) groups is 1. The van der Waals surface area contributed by atoms with E-state index in [0.29, 0.717) is 12.1 Å². The van der Waals surface area contributed by atoms with Crippen molar-refractivity contribution in [3.63, 3.8) is 0 Å². The maximum atomic E-state index is 10.6. The number of carboxylic acid groups (broad SMARTS) is 1. The molecule has 1 N–H and O–H groups in total. The second-order valence-electron chi connectivity index (χ2n) is 2.31. The first-order chi connectivity index (χ1) is 5.65. The van der Waals surface area contributed by atoms with Crippen LogP contribution < -0.4 is 0 Å². The van der Waals surface area contributed by atoms with Crippen molar-refractivity contribution in [2.24, 2.45) is 9.98 Å². The first-order valence-corrected chi connectivity index (χ1v) is 3.93. The standard InChI is InChI=1S/C7H8N2O2S/c1-2-4-3-8-6(12)5(9-4)7(10)11/h3,5H,2H2,1H3,(H,10,11). The summed E-state index contributed by atoms with van der Waals surface area (Å²) in [7, 11) is 0. The summed E-state index contributed by atoms with van der Waals surface area (Å²) in [5, 5.41) is 8.65. The third kappa shape index (κ3) is 1.73. The highest BCUT2D eigenvalue weighted by molar-refractivity contribution is 7.80. The van der Waals surface area contributed by atoms with Crippen LogP contribution in [0, 0.1) is 0 Å². The van der Waals surface area contributed by atoms with E-state index < -0.39 is 12.0 Å². The predicted molar refractivity (Wildman–Crippen MR) is 50.2 cm³/mol. The lowest BCUT2D eigenvalue weighted by molar-refractivity contribution is -0.136. The summed E-state index contributed by atoms with van der Waals surface area (Å²) in [4.78, 5) is 18.4. The molecule has 12 heavy (non-hydrogen) atoms. The van der Waals surface area contributed by atoms with Crippen molar-refractivity contribution in [1.29, 1.82) is 0 Å². The fourth-order valence-corrected chi connectivity index (χ4v) is 1.01. The molecule has 0 aliphatic carbocycles. The predicted octanol–water partition coefficient (Wildman–Crippen LogP) is 0.702. The summed E-state index contributed by atoms with van der Waals surface area (Å²) in [6.07, 6.45) is 2.19. The van der Waals surface area contributed by atoms with Gasteiger partial charge in [-0.3, -0.25) is 4.99 Å². The van der Waals surface area contributed by atoms with Crippen molar-refractivity contribution >= 4 is 35.1 Å². The zero-order valence-electron chi connectivity index (χ0n) is 6.52. The Morgan fingerprint density at radius 2 is 2.50 bits per heavy atom. The Labute approximate surface area is 75.0 Å². The number of hydrogen-bond acceptors (Lipinski definition) is 3. The van der Waals surface area contributed by atoms with Crippen LogP contribution >= 0.6 is 12.2 Å². The Bertz CT molecular complexity index is 283. The minimum atomic E-state index is -1.04. The molecule has 0 saturated heterocycles. The van der Waals surface area contributed by atoms with Gasteiger partial charge < -0.3 is 5.11 Å². The van der Waals surface area contributed by atoms with E-state index in [9.17, 15) is 4.79 Å². The molecule has 1 aliphatic heterocycles. The van der Waals surface area contributed by atoms with Crippen LogP contribution in [0.2, 0.25) is 0 Å². The van der Waals surface area contributed by atoms with Crippen molar-refractivity contribution < 1.29 is 9.90 Å². The summed E-state index contributed by atoms with van der Waals surface area (Å²) in [6.45, 7) is 1.89. The number of carboxylic acids is 1. The first-order valence-electron chi connectivity index (χ1n) is 3.52. The van der Waals surface area contributed by atoms with Gasteiger partial charge in [0.05, 0.1) is 5.71 Å². The summed E-state index contributed by atoms with van der Waals surface area (Å²) >= 11 is 4.72. The normalized spacial score (nSPS) is 22.2. The fourth-order valence-electron chi connectivity index (χ4n) is 0.807. The molecule has 5 heteroatoms. The molecule has 1 heterocycles. The monoisotopic (exact) mass is 184 g/mol. The van der Waals surface area contributed by atoms with Crippen LogP contribution in [-0.4, -0.2) is 34.0 Å². The summed E-state index contributed by atoms with van der Waals surface area (Å²) in [5.74, 6) is -1.04. The van der Waals surface area contributed by atoms with Crippen molar-refractivity contribution in [3.05, 3.63) is 0 Å². The molecule has 0 amide bonds. The zero-order valence-corrected chi connectivity index (χ0v) is 7.34. The number of aliphatic imine (C=N–C) groups is 2. The fraction of sp³-hybridized carbons (Fsp3) is 0.429. The van der Waals surface area contributed by atoms with Crippen molar-refractivity contribution in [2.75, 3.05) is 0 Å². The minimum absolute atomic E-state index is 0.125. The number of aliphatic carboxylic acids is 1. The Morgan fingerprint density at radius 1 is 1.83 bits per heavy atom. The molecular formula is C7H8N2O2S. The van der Waals surface area contributed by atoms with E-state index in [0.717, 1.165) is 0 Å². The van der Waals surface area contributed by atoms with Gasteiger partial charge >= 0.3 is 5.97 Å². The second kappa shape index (κ2) is 3.53. The van der Waals surface area contributed by atoms with E-state index >= 15 is 0 Å². The average Bonchev–Trinajstić information content (AvgIpc) is 2.05. The lowest BCUT2D eigenvalue weighted by Gasteiger charge is -2.10. The van der Waals surface area contributed by atoms with E-state index in [1.165, 1.54) is 6.21 Å². The molecule has 64 valence electrons. The summed E-state index contributed by atoms with van der Waals surface area (Å²) < 4.78 is 0. The molecule has 0 saturated carbocycles. The maximum Gasteiger partial charge on any atom is 0.335 e. The lowest BCUT2D eigenvalue weighted by atomic mass is 10.2. The van der Waals surface area contributed by atoms with Gasteiger partial charge in [0.1, 0.15) is 4.99 Å². The third-order valence-corrected chi connectivity index (χ3v) is 1.79. The van der Waals surface area contributed by atoms with E-state index in [4.69, 9.17) is 17.3 Å². The van der Waals surface area contributed by atoms with Crippen LogP contribution in [0.4, 0.5) is 0 Å². The smallest absolute Gasteiger partial charge is 0.335 e. The van der Waals surface area contributed by atoms with Crippen LogP contribution in [-0.2, 0) is 4.79 Å². The summed E-state index contributed by atoms with van der Waals surface area (Å²) in [5.41, 5.74) is 0.677. The molecule has 0 aromatic heterocycles. The molecule has 0 spiro atoms. The molecule has 0 fully saturated rings.